The summed E-state index contributed by atoms with van der Waals surface area (Å²) in [6.45, 7) is 8.93. The molecule has 0 aromatic carbocycles. The normalized spacial score (nSPS) is 35.8. The van der Waals surface area contributed by atoms with Gasteiger partial charge in [-0.3, -0.25) is 0 Å². The van der Waals surface area contributed by atoms with Gasteiger partial charge >= 0.3 is 0 Å². The van der Waals surface area contributed by atoms with Crippen LogP contribution in [0.15, 0.2) is 0 Å². The molecule has 2 aliphatic heterocycles. The first-order valence-electron chi connectivity index (χ1n) is 6.27. The van der Waals surface area contributed by atoms with E-state index in [2.05, 4.69) is 17.1 Å². The van der Waals surface area contributed by atoms with Crippen LogP contribution in [0.5, 0.6) is 0 Å². The van der Waals surface area contributed by atoms with Gasteiger partial charge in [0.05, 0.1) is 0 Å². The van der Waals surface area contributed by atoms with Crippen molar-refractivity contribution in [2.75, 3.05) is 32.7 Å². The first-order chi connectivity index (χ1) is 6.84. The zero-order valence-electron chi connectivity index (χ0n) is 9.47. The Bertz CT molecular complexity index is 164. The number of nitrogens with one attached hydrogen (secondary N) is 1. The van der Waals surface area contributed by atoms with E-state index in [0.717, 1.165) is 11.8 Å². The zero-order chi connectivity index (χ0) is 9.80. The second-order valence-corrected chi connectivity index (χ2v) is 5.22. The van der Waals surface area contributed by atoms with Crippen LogP contribution in [0.4, 0.5) is 0 Å². The Hall–Kier alpha value is -0.0800. The van der Waals surface area contributed by atoms with Crippen molar-refractivity contribution in [2.24, 2.45) is 11.8 Å². The molecule has 2 atom stereocenters. The molecular weight excluding hydrogens is 172 g/mol. The third kappa shape index (κ3) is 2.96. The van der Waals surface area contributed by atoms with Crippen LogP contribution in [-0.4, -0.2) is 37.6 Å². The number of hydrogen-bond acceptors (Lipinski definition) is 2. The van der Waals surface area contributed by atoms with Crippen molar-refractivity contribution in [2.45, 2.75) is 32.6 Å². The lowest BCUT2D eigenvalue weighted by atomic mass is 9.95. The van der Waals surface area contributed by atoms with Crippen LogP contribution in [0.2, 0.25) is 0 Å². The van der Waals surface area contributed by atoms with Crippen molar-refractivity contribution in [3.8, 4) is 0 Å². The molecule has 2 heterocycles. The third-order valence-corrected chi connectivity index (χ3v) is 3.66. The molecule has 2 saturated heterocycles. The van der Waals surface area contributed by atoms with Gasteiger partial charge in [0.1, 0.15) is 0 Å². The van der Waals surface area contributed by atoms with Gasteiger partial charge in [-0.1, -0.05) is 6.92 Å². The maximum atomic E-state index is 3.51. The summed E-state index contributed by atoms with van der Waals surface area (Å²) in [6.07, 6.45) is 5.69. The Morgan fingerprint density at radius 1 is 1.29 bits per heavy atom. The fraction of sp³-hybridized carbons (Fsp3) is 1.00. The Labute approximate surface area is 88.1 Å². The first-order valence-corrected chi connectivity index (χ1v) is 6.27. The lowest BCUT2D eigenvalue weighted by molar-refractivity contribution is 0.148. The molecule has 0 unspecified atom stereocenters. The summed E-state index contributed by atoms with van der Waals surface area (Å²) in [5, 5.41) is 3.51. The van der Waals surface area contributed by atoms with Gasteiger partial charge in [0.25, 0.3) is 0 Å². The van der Waals surface area contributed by atoms with Crippen molar-refractivity contribution in [1.82, 2.24) is 10.2 Å². The van der Waals surface area contributed by atoms with Crippen LogP contribution in [0.3, 0.4) is 0 Å². The van der Waals surface area contributed by atoms with E-state index in [1.165, 1.54) is 58.4 Å². The molecule has 0 radical (unpaired) electrons. The second-order valence-electron chi connectivity index (χ2n) is 5.22. The molecule has 1 N–H and O–H groups in total. The van der Waals surface area contributed by atoms with E-state index in [0.29, 0.717) is 0 Å². The Kier molecular flexibility index (Phi) is 3.82. The molecule has 0 aliphatic carbocycles. The Morgan fingerprint density at radius 2 is 2.21 bits per heavy atom. The monoisotopic (exact) mass is 196 g/mol. The van der Waals surface area contributed by atoms with Crippen LogP contribution in [-0.2, 0) is 0 Å². The number of hydrogen-bond donors (Lipinski definition) is 1. The molecular formula is C12H24N2. The fourth-order valence-corrected chi connectivity index (χ4v) is 2.90. The minimum atomic E-state index is 0.925. The molecule has 0 aromatic rings. The van der Waals surface area contributed by atoms with Gasteiger partial charge in [-0.15, -0.1) is 0 Å². The summed E-state index contributed by atoms with van der Waals surface area (Å²) < 4.78 is 0. The predicted octanol–water partition coefficient (Wildman–Crippen LogP) is 1.72. The minimum Gasteiger partial charge on any atom is -0.316 e. The highest BCUT2D eigenvalue weighted by Crippen LogP contribution is 2.18. The van der Waals surface area contributed by atoms with Crippen LogP contribution in [0.25, 0.3) is 0 Å². The molecule has 0 bridgehead atoms. The summed E-state index contributed by atoms with van der Waals surface area (Å²) in [6, 6.07) is 0. The van der Waals surface area contributed by atoms with Crippen LogP contribution in [0, 0.1) is 11.8 Å². The van der Waals surface area contributed by atoms with Crippen molar-refractivity contribution in [3.63, 3.8) is 0 Å². The van der Waals surface area contributed by atoms with Crippen LogP contribution < -0.4 is 5.32 Å². The fourth-order valence-electron chi connectivity index (χ4n) is 2.90. The van der Waals surface area contributed by atoms with Crippen molar-refractivity contribution in [3.05, 3.63) is 0 Å². The van der Waals surface area contributed by atoms with E-state index in [4.69, 9.17) is 0 Å². The van der Waals surface area contributed by atoms with Gasteiger partial charge in [-0.05, 0) is 57.2 Å². The standard InChI is InChI=1S/C12H24N2/c1-11-4-3-7-14(9-11)10-12-5-2-6-13-8-12/h11-13H,2-10H2,1H3/t11-,12+/m1/s1. The molecule has 14 heavy (non-hydrogen) atoms. The van der Waals surface area contributed by atoms with Gasteiger partial charge in [0, 0.05) is 13.1 Å². The largest absolute Gasteiger partial charge is 0.316 e. The molecule has 2 aliphatic rings. The van der Waals surface area contributed by atoms with E-state index in [9.17, 15) is 0 Å². The smallest absolute Gasteiger partial charge is 0.00219 e. The van der Waals surface area contributed by atoms with Crippen molar-refractivity contribution < 1.29 is 0 Å². The molecule has 0 aromatic heterocycles. The van der Waals surface area contributed by atoms with E-state index in [-0.39, 0.29) is 0 Å². The maximum absolute atomic E-state index is 3.51. The molecule has 2 nitrogen and oxygen atoms in total. The minimum absolute atomic E-state index is 0.925. The van der Waals surface area contributed by atoms with Gasteiger partial charge in [-0.2, -0.15) is 0 Å². The van der Waals surface area contributed by atoms with Gasteiger partial charge in [0.15, 0.2) is 0 Å². The summed E-state index contributed by atoms with van der Waals surface area (Å²) in [5.74, 6) is 1.86. The van der Waals surface area contributed by atoms with Crippen molar-refractivity contribution >= 4 is 0 Å². The summed E-state index contributed by atoms with van der Waals surface area (Å²) in [4.78, 5) is 2.69. The highest BCUT2D eigenvalue weighted by molar-refractivity contribution is 4.76. The topological polar surface area (TPSA) is 15.3 Å². The number of nitrogens with zero attached hydrogens (tertiary/aromatic N) is 1. The van der Waals surface area contributed by atoms with E-state index >= 15 is 0 Å². The molecule has 82 valence electrons. The van der Waals surface area contributed by atoms with Crippen LogP contribution >= 0.6 is 0 Å². The van der Waals surface area contributed by atoms with E-state index in [1.54, 1.807) is 0 Å². The summed E-state index contributed by atoms with van der Waals surface area (Å²) >= 11 is 0. The zero-order valence-corrected chi connectivity index (χ0v) is 9.47. The van der Waals surface area contributed by atoms with E-state index in [1.807, 2.05) is 0 Å². The van der Waals surface area contributed by atoms with Gasteiger partial charge in [0.2, 0.25) is 0 Å². The highest BCUT2D eigenvalue weighted by atomic mass is 15.1. The average molecular weight is 196 g/mol. The Morgan fingerprint density at radius 3 is 2.93 bits per heavy atom. The number of rotatable bonds is 2. The van der Waals surface area contributed by atoms with Crippen molar-refractivity contribution in [1.29, 1.82) is 0 Å². The van der Waals surface area contributed by atoms with Gasteiger partial charge in [-0.25, -0.2) is 0 Å². The van der Waals surface area contributed by atoms with E-state index < -0.39 is 0 Å². The van der Waals surface area contributed by atoms with Crippen LogP contribution in [0.1, 0.15) is 32.6 Å². The summed E-state index contributed by atoms with van der Waals surface area (Å²) in [5.41, 5.74) is 0. The summed E-state index contributed by atoms with van der Waals surface area (Å²) in [7, 11) is 0. The second kappa shape index (κ2) is 5.13. The molecule has 0 amide bonds. The SMILES string of the molecule is C[C@@H]1CCCN(C[C@H]2CCCNC2)C1. The lowest BCUT2D eigenvalue weighted by Crippen LogP contribution is -2.42. The van der Waals surface area contributed by atoms with Gasteiger partial charge < -0.3 is 10.2 Å². The third-order valence-electron chi connectivity index (χ3n) is 3.66. The molecule has 0 saturated carbocycles. The average Bonchev–Trinajstić information content (AvgIpc) is 2.19. The highest BCUT2D eigenvalue weighted by Gasteiger charge is 2.20. The molecule has 2 fully saturated rings. The maximum Gasteiger partial charge on any atom is 0.00219 e. The number of likely N-dealkylation sites (tertiary alicyclic amines) is 1. The number of piperidine rings is 2. The quantitative estimate of drug-likeness (QED) is 0.723. The molecule has 2 heteroatoms. The first kappa shape index (κ1) is 10.4. The lowest BCUT2D eigenvalue weighted by Gasteiger charge is -2.35. The Balaban J connectivity index is 1.72. The molecule has 0 spiro atoms. The molecule has 2 rings (SSSR count). The predicted molar refractivity (Wildman–Crippen MR) is 60.4 cm³/mol.